The second kappa shape index (κ2) is 11.0. The van der Waals surface area contributed by atoms with E-state index < -0.39 is 0 Å². The molecule has 0 bridgehead atoms. The van der Waals surface area contributed by atoms with Crippen LogP contribution in [-0.4, -0.2) is 38.5 Å². The molecule has 4 saturated carbocycles. The third-order valence-electron chi connectivity index (χ3n) is 9.45. The molecule has 29 heavy (non-hydrogen) atoms. The Morgan fingerprint density at radius 1 is 0.414 bits per heavy atom. The van der Waals surface area contributed by atoms with Crippen LogP contribution in [0.3, 0.4) is 0 Å². The van der Waals surface area contributed by atoms with Gasteiger partial charge in [0, 0.05) is 26.3 Å². The summed E-state index contributed by atoms with van der Waals surface area (Å²) >= 11 is 0. The molecule has 0 aromatic heterocycles. The van der Waals surface area contributed by atoms with E-state index in [4.69, 9.17) is 9.47 Å². The monoisotopic (exact) mass is 405 g/mol. The molecule has 0 atom stereocenters. The average molecular weight is 406 g/mol. The van der Waals surface area contributed by atoms with Crippen molar-refractivity contribution in [2.24, 2.45) is 23.7 Å². The second-order valence-electron chi connectivity index (χ2n) is 10.9. The van der Waals surface area contributed by atoms with E-state index in [1.807, 2.05) is 14.2 Å². The van der Waals surface area contributed by atoms with Crippen molar-refractivity contribution in [3.8, 4) is 0 Å². The highest BCUT2D eigenvalue weighted by atomic mass is 16.5. The van der Waals surface area contributed by atoms with Crippen molar-refractivity contribution in [1.29, 1.82) is 0 Å². The molecular weight excluding hydrogens is 358 g/mol. The van der Waals surface area contributed by atoms with Gasteiger partial charge in [-0.25, -0.2) is 0 Å². The van der Waals surface area contributed by atoms with Crippen molar-refractivity contribution in [3.63, 3.8) is 0 Å². The highest BCUT2D eigenvalue weighted by Gasteiger charge is 2.34. The van der Waals surface area contributed by atoms with Crippen LogP contribution in [0.5, 0.6) is 0 Å². The third-order valence-corrected chi connectivity index (χ3v) is 9.45. The molecule has 1 N–H and O–H groups in total. The Kier molecular flexibility index (Phi) is 8.34. The van der Waals surface area contributed by atoms with Gasteiger partial charge in [0.2, 0.25) is 0 Å². The fraction of sp³-hybridized carbons (Fsp3) is 1.00. The summed E-state index contributed by atoms with van der Waals surface area (Å²) in [5.74, 6) is 3.99. The minimum atomic E-state index is 0.550. The van der Waals surface area contributed by atoms with Crippen LogP contribution in [0.2, 0.25) is 0 Å². The van der Waals surface area contributed by atoms with Gasteiger partial charge in [0.05, 0.1) is 12.2 Å². The second-order valence-corrected chi connectivity index (χ2v) is 10.9. The maximum atomic E-state index is 5.57. The summed E-state index contributed by atoms with van der Waals surface area (Å²) in [6, 6.07) is 1.61. The van der Waals surface area contributed by atoms with Crippen LogP contribution in [0.25, 0.3) is 0 Å². The largest absolute Gasteiger partial charge is 0.381 e. The molecule has 0 aromatic rings. The number of hydrogen-bond acceptors (Lipinski definition) is 3. The Labute approximate surface area is 180 Å². The van der Waals surface area contributed by atoms with Crippen molar-refractivity contribution >= 4 is 0 Å². The number of hydrogen-bond donors (Lipinski definition) is 1. The van der Waals surface area contributed by atoms with Gasteiger partial charge < -0.3 is 14.8 Å². The lowest BCUT2D eigenvalue weighted by molar-refractivity contribution is 0.0379. The third kappa shape index (κ3) is 5.98. The first-order valence-corrected chi connectivity index (χ1v) is 13.1. The zero-order chi connectivity index (χ0) is 20.1. The van der Waals surface area contributed by atoms with Crippen LogP contribution in [0.1, 0.15) is 103 Å². The van der Waals surface area contributed by atoms with Crippen molar-refractivity contribution in [1.82, 2.24) is 5.32 Å². The van der Waals surface area contributed by atoms with Gasteiger partial charge in [-0.1, -0.05) is 0 Å². The van der Waals surface area contributed by atoms with Crippen molar-refractivity contribution in [3.05, 3.63) is 0 Å². The minimum Gasteiger partial charge on any atom is -0.381 e. The molecule has 0 saturated heterocycles. The Morgan fingerprint density at radius 2 is 0.690 bits per heavy atom. The van der Waals surface area contributed by atoms with Gasteiger partial charge in [0.1, 0.15) is 0 Å². The van der Waals surface area contributed by atoms with Crippen LogP contribution in [0.15, 0.2) is 0 Å². The van der Waals surface area contributed by atoms with Crippen molar-refractivity contribution < 1.29 is 9.47 Å². The first-order valence-electron chi connectivity index (χ1n) is 13.1. The van der Waals surface area contributed by atoms with Crippen LogP contribution < -0.4 is 5.32 Å². The summed E-state index contributed by atoms with van der Waals surface area (Å²) in [6.07, 6.45) is 23.5. The maximum absolute atomic E-state index is 5.57. The molecule has 0 radical (unpaired) electrons. The molecule has 0 aliphatic heterocycles. The Balaban J connectivity index is 1.12. The summed E-state index contributed by atoms with van der Waals surface area (Å²) in [7, 11) is 3.78. The molecule has 3 heteroatoms. The molecule has 4 rings (SSSR count). The lowest BCUT2D eigenvalue weighted by Gasteiger charge is -2.41. The molecule has 0 spiro atoms. The van der Waals surface area contributed by atoms with E-state index in [2.05, 4.69) is 5.32 Å². The van der Waals surface area contributed by atoms with E-state index >= 15 is 0 Å². The van der Waals surface area contributed by atoms with Crippen molar-refractivity contribution in [2.45, 2.75) is 127 Å². The van der Waals surface area contributed by atoms with E-state index in [1.165, 1.54) is 103 Å². The first-order chi connectivity index (χ1) is 14.2. The zero-order valence-electron chi connectivity index (χ0n) is 19.2. The highest BCUT2D eigenvalue weighted by Crippen LogP contribution is 2.41. The molecule has 4 fully saturated rings. The van der Waals surface area contributed by atoms with Gasteiger partial charge in [-0.15, -0.1) is 0 Å². The molecule has 3 nitrogen and oxygen atoms in total. The predicted octanol–water partition coefficient (Wildman–Crippen LogP) is 6.10. The zero-order valence-corrected chi connectivity index (χ0v) is 19.2. The van der Waals surface area contributed by atoms with Gasteiger partial charge in [-0.3, -0.25) is 0 Å². The van der Waals surface area contributed by atoms with Gasteiger partial charge >= 0.3 is 0 Å². The number of nitrogens with one attached hydrogen (secondary N) is 1. The smallest absolute Gasteiger partial charge is 0.0571 e. The molecule has 4 aliphatic rings. The minimum absolute atomic E-state index is 0.550. The normalized spacial score (nSPS) is 44.5. The summed E-state index contributed by atoms with van der Waals surface area (Å²) in [6.45, 7) is 0. The fourth-order valence-corrected chi connectivity index (χ4v) is 7.44. The molecular formula is C26H47NO2. The Hall–Kier alpha value is -0.120. The van der Waals surface area contributed by atoms with E-state index in [9.17, 15) is 0 Å². The molecule has 4 aliphatic carbocycles. The topological polar surface area (TPSA) is 30.5 Å². The number of rotatable bonds is 6. The SMILES string of the molecule is COC1CCC(C2CCC(NC3CCC(C4CCC(OC)CC4)CC3)CC2)CC1. The van der Waals surface area contributed by atoms with Gasteiger partial charge in [0.15, 0.2) is 0 Å². The Morgan fingerprint density at radius 3 is 0.966 bits per heavy atom. The molecule has 0 aromatic carbocycles. The van der Waals surface area contributed by atoms with Crippen LogP contribution in [0, 0.1) is 23.7 Å². The van der Waals surface area contributed by atoms with Crippen LogP contribution in [0.4, 0.5) is 0 Å². The quantitative estimate of drug-likeness (QED) is 0.579. The average Bonchev–Trinajstić information content (AvgIpc) is 2.80. The van der Waals surface area contributed by atoms with E-state index in [1.54, 1.807) is 0 Å². The molecule has 0 amide bonds. The maximum Gasteiger partial charge on any atom is 0.0571 e. The lowest BCUT2D eigenvalue weighted by Crippen LogP contribution is -2.43. The molecule has 0 unspecified atom stereocenters. The summed E-state index contributed by atoms with van der Waals surface area (Å²) < 4.78 is 11.1. The Bertz CT molecular complexity index is 409. The highest BCUT2D eigenvalue weighted by molar-refractivity contribution is 4.88. The van der Waals surface area contributed by atoms with E-state index in [0.29, 0.717) is 12.2 Å². The van der Waals surface area contributed by atoms with Crippen LogP contribution in [-0.2, 0) is 9.47 Å². The number of ether oxygens (including phenoxy) is 2. The lowest BCUT2D eigenvalue weighted by atomic mass is 9.71. The fourth-order valence-electron chi connectivity index (χ4n) is 7.44. The van der Waals surface area contributed by atoms with E-state index in [0.717, 1.165) is 35.8 Å². The predicted molar refractivity (Wildman–Crippen MR) is 120 cm³/mol. The molecule has 168 valence electrons. The first kappa shape index (κ1) is 22.1. The number of methoxy groups -OCH3 is 2. The van der Waals surface area contributed by atoms with Gasteiger partial charge in [0.25, 0.3) is 0 Å². The summed E-state index contributed by atoms with van der Waals surface area (Å²) in [5.41, 5.74) is 0. The van der Waals surface area contributed by atoms with Crippen molar-refractivity contribution in [2.75, 3.05) is 14.2 Å². The van der Waals surface area contributed by atoms with Gasteiger partial charge in [-0.2, -0.15) is 0 Å². The standard InChI is InChI=1S/C26H47NO2/c1-28-25-15-7-21(8-16-25)19-3-11-23(12-4-19)27-24-13-5-20(6-14-24)22-9-17-26(29-2)18-10-22/h19-27H,3-18H2,1-2H3. The summed E-state index contributed by atoms with van der Waals surface area (Å²) in [4.78, 5) is 0. The molecule has 0 heterocycles. The van der Waals surface area contributed by atoms with Crippen LogP contribution >= 0.6 is 0 Å². The van der Waals surface area contributed by atoms with Gasteiger partial charge in [-0.05, 0) is 126 Å². The van der Waals surface area contributed by atoms with E-state index in [-0.39, 0.29) is 0 Å². The summed E-state index contributed by atoms with van der Waals surface area (Å²) in [5, 5.41) is 4.10.